The van der Waals surface area contributed by atoms with Crippen LogP contribution >= 0.6 is 0 Å². The Bertz CT molecular complexity index is 962. The average molecular weight is 361 g/mol. The number of aromatic nitrogens is 2. The molecule has 3 aromatic rings. The minimum atomic E-state index is 0.0563. The van der Waals surface area contributed by atoms with Crippen LogP contribution in [0.5, 0.6) is 0 Å². The lowest BCUT2D eigenvalue weighted by atomic mass is 10.1. The molecule has 6 nitrogen and oxygen atoms in total. The largest absolute Gasteiger partial charge is 0.353 e. The van der Waals surface area contributed by atoms with Crippen molar-refractivity contribution in [1.29, 1.82) is 0 Å². The number of carbonyl (C=O) groups excluding carboxylic acids is 1. The predicted octanol–water partition coefficient (Wildman–Crippen LogP) is 3.33. The number of hydrogen-bond donors (Lipinski definition) is 1. The van der Waals surface area contributed by atoms with Gasteiger partial charge in [-0.3, -0.25) is 4.79 Å². The van der Waals surface area contributed by atoms with Crippen LogP contribution in [0.15, 0.2) is 48.5 Å². The number of likely N-dealkylation sites (N-methyl/N-ethyl adjacent to an activating group) is 1. The molecule has 0 amide bonds. The van der Waals surface area contributed by atoms with Gasteiger partial charge in [0.2, 0.25) is 5.95 Å². The first-order valence-electron chi connectivity index (χ1n) is 9.18. The van der Waals surface area contributed by atoms with Gasteiger partial charge in [0.05, 0.1) is 5.52 Å². The molecule has 6 heteroatoms. The maximum absolute atomic E-state index is 11.5. The van der Waals surface area contributed by atoms with E-state index in [2.05, 4.69) is 33.2 Å². The highest BCUT2D eigenvalue weighted by molar-refractivity contribution is 5.94. The van der Waals surface area contributed by atoms with Crippen molar-refractivity contribution in [2.24, 2.45) is 0 Å². The van der Waals surface area contributed by atoms with Gasteiger partial charge < -0.3 is 15.1 Å². The van der Waals surface area contributed by atoms with Gasteiger partial charge in [-0.15, -0.1) is 0 Å². The Hall–Kier alpha value is -2.99. The van der Waals surface area contributed by atoms with Crippen LogP contribution < -0.4 is 10.2 Å². The van der Waals surface area contributed by atoms with E-state index in [4.69, 9.17) is 4.98 Å². The Kier molecular flexibility index (Phi) is 4.73. The van der Waals surface area contributed by atoms with Crippen molar-refractivity contribution in [3.05, 3.63) is 54.1 Å². The summed E-state index contributed by atoms with van der Waals surface area (Å²) in [6.45, 7) is 5.51. The molecule has 1 N–H and O–H groups in total. The topological polar surface area (TPSA) is 61.4 Å². The van der Waals surface area contributed by atoms with Crippen molar-refractivity contribution < 1.29 is 4.79 Å². The third kappa shape index (κ3) is 3.75. The number of carbonyl (C=O) groups is 1. The third-order valence-corrected chi connectivity index (χ3v) is 4.93. The Morgan fingerprint density at radius 3 is 2.37 bits per heavy atom. The molecule has 1 aromatic heterocycles. The normalized spacial score (nSPS) is 15.1. The van der Waals surface area contributed by atoms with E-state index in [-0.39, 0.29) is 5.78 Å². The van der Waals surface area contributed by atoms with E-state index in [0.29, 0.717) is 11.5 Å². The number of anilines is 3. The first kappa shape index (κ1) is 17.4. The van der Waals surface area contributed by atoms with Gasteiger partial charge in [0.15, 0.2) is 5.78 Å². The summed E-state index contributed by atoms with van der Waals surface area (Å²) in [5.41, 5.74) is 2.47. The fraction of sp³-hybridized carbons (Fsp3) is 0.286. The summed E-state index contributed by atoms with van der Waals surface area (Å²) in [5.74, 6) is 1.59. The first-order chi connectivity index (χ1) is 13.1. The zero-order valence-electron chi connectivity index (χ0n) is 15.6. The summed E-state index contributed by atoms with van der Waals surface area (Å²) in [5, 5.41) is 4.35. The number of para-hydroxylation sites is 1. The van der Waals surface area contributed by atoms with E-state index in [1.165, 1.54) is 0 Å². The van der Waals surface area contributed by atoms with Crippen LogP contribution in [0.3, 0.4) is 0 Å². The molecule has 1 saturated heterocycles. The number of piperazine rings is 1. The molecule has 4 rings (SSSR count). The van der Waals surface area contributed by atoms with Gasteiger partial charge in [-0.1, -0.05) is 12.1 Å². The SMILES string of the molecule is CC(=O)c1ccc(Nc2nc(N3CCN(C)CC3)c3ccccc3n2)cc1. The summed E-state index contributed by atoms with van der Waals surface area (Å²) in [4.78, 5) is 25.6. The van der Waals surface area contributed by atoms with Gasteiger partial charge in [-0.2, -0.15) is 4.98 Å². The fourth-order valence-electron chi connectivity index (χ4n) is 3.29. The molecule has 1 aliphatic heterocycles. The minimum Gasteiger partial charge on any atom is -0.353 e. The van der Waals surface area contributed by atoms with Crippen molar-refractivity contribution in [1.82, 2.24) is 14.9 Å². The fourth-order valence-corrected chi connectivity index (χ4v) is 3.29. The molecule has 0 radical (unpaired) electrons. The Labute approximate surface area is 158 Å². The van der Waals surface area contributed by atoms with Gasteiger partial charge in [0, 0.05) is 42.8 Å². The maximum atomic E-state index is 11.5. The molecule has 0 saturated carbocycles. The van der Waals surface area contributed by atoms with Gasteiger partial charge in [0.25, 0.3) is 0 Å². The number of benzene rings is 2. The predicted molar refractivity (Wildman–Crippen MR) is 109 cm³/mol. The van der Waals surface area contributed by atoms with Gasteiger partial charge in [-0.05, 0) is 50.4 Å². The molecule has 2 aromatic carbocycles. The highest BCUT2D eigenvalue weighted by Crippen LogP contribution is 2.27. The molecule has 1 aliphatic rings. The second kappa shape index (κ2) is 7.32. The van der Waals surface area contributed by atoms with Crippen LogP contribution in [0.1, 0.15) is 17.3 Å². The van der Waals surface area contributed by atoms with Gasteiger partial charge in [0.1, 0.15) is 5.82 Å². The van der Waals surface area contributed by atoms with E-state index in [1.807, 2.05) is 42.5 Å². The number of Topliss-reactive ketones (excluding diaryl/α,β-unsaturated/α-hetero) is 1. The molecule has 1 fully saturated rings. The molecule has 0 unspecified atom stereocenters. The monoisotopic (exact) mass is 361 g/mol. The van der Waals surface area contributed by atoms with Crippen molar-refractivity contribution in [2.75, 3.05) is 43.4 Å². The molecular weight excluding hydrogens is 338 g/mol. The van der Waals surface area contributed by atoms with Crippen LogP contribution in [-0.4, -0.2) is 53.9 Å². The number of ketones is 1. The van der Waals surface area contributed by atoms with Crippen LogP contribution in [0.25, 0.3) is 10.9 Å². The zero-order chi connectivity index (χ0) is 18.8. The summed E-state index contributed by atoms with van der Waals surface area (Å²) in [7, 11) is 2.15. The molecule has 27 heavy (non-hydrogen) atoms. The van der Waals surface area contributed by atoms with Crippen molar-refractivity contribution in [2.45, 2.75) is 6.92 Å². The Morgan fingerprint density at radius 2 is 1.67 bits per heavy atom. The highest BCUT2D eigenvalue weighted by Gasteiger charge is 2.19. The second-order valence-electron chi connectivity index (χ2n) is 6.94. The van der Waals surface area contributed by atoms with E-state index in [9.17, 15) is 4.79 Å². The van der Waals surface area contributed by atoms with E-state index in [0.717, 1.165) is 48.6 Å². The van der Waals surface area contributed by atoms with Crippen molar-refractivity contribution in [3.8, 4) is 0 Å². The van der Waals surface area contributed by atoms with Crippen LogP contribution in [0.4, 0.5) is 17.5 Å². The lowest BCUT2D eigenvalue weighted by Gasteiger charge is -2.33. The molecule has 138 valence electrons. The second-order valence-corrected chi connectivity index (χ2v) is 6.94. The zero-order valence-corrected chi connectivity index (χ0v) is 15.6. The highest BCUT2D eigenvalue weighted by atomic mass is 16.1. The molecular formula is C21H23N5O. The molecule has 0 aliphatic carbocycles. The van der Waals surface area contributed by atoms with E-state index >= 15 is 0 Å². The van der Waals surface area contributed by atoms with E-state index in [1.54, 1.807) is 6.92 Å². The molecule has 2 heterocycles. The molecule has 0 bridgehead atoms. The third-order valence-electron chi connectivity index (χ3n) is 4.93. The molecule has 0 atom stereocenters. The summed E-state index contributed by atoms with van der Waals surface area (Å²) < 4.78 is 0. The van der Waals surface area contributed by atoms with Crippen LogP contribution in [-0.2, 0) is 0 Å². The minimum absolute atomic E-state index is 0.0563. The lowest BCUT2D eigenvalue weighted by Crippen LogP contribution is -2.45. The molecule has 0 spiro atoms. The number of rotatable bonds is 4. The number of fused-ring (bicyclic) bond motifs is 1. The van der Waals surface area contributed by atoms with Gasteiger partial charge >= 0.3 is 0 Å². The smallest absolute Gasteiger partial charge is 0.229 e. The number of hydrogen-bond acceptors (Lipinski definition) is 6. The van der Waals surface area contributed by atoms with Crippen LogP contribution in [0, 0.1) is 0 Å². The first-order valence-corrected chi connectivity index (χ1v) is 9.18. The summed E-state index contributed by atoms with van der Waals surface area (Å²) in [6, 6.07) is 15.5. The summed E-state index contributed by atoms with van der Waals surface area (Å²) >= 11 is 0. The van der Waals surface area contributed by atoms with E-state index < -0.39 is 0 Å². The van der Waals surface area contributed by atoms with Gasteiger partial charge in [-0.25, -0.2) is 4.98 Å². The summed E-state index contributed by atoms with van der Waals surface area (Å²) in [6.07, 6.45) is 0. The number of nitrogens with one attached hydrogen (secondary N) is 1. The Morgan fingerprint density at radius 1 is 0.963 bits per heavy atom. The van der Waals surface area contributed by atoms with Crippen LogP contribution in [0.2, 0.25) is 0 Å². The van der Waals surface area contributed by atoms with Crippen molar-refractivity contribution >= 4 is 34.1 Å². The lowest BCUT2D eigenvalue weighted by molar-refractivity contribution is 0.101. The standard InChI is InChI=1S/C21H23N5O/c1-15(27)16-7-9-17(10-8-16)22-21-23-19-6-4-3-5-18(19)20(24-21)26-13-11-25(2)12-14-26/h3-10H,11-14H2,1-2H3,(H,22,23,24). The maximum Gasteiger partial charge on any atom is 0.229 e. The average Bonchev–Trinajstić information content (AvgIpc) is 2.68. The quantitative estimate of drug-likeness (QED) is 0.719. The Balaban J connectivity index is 1.67. The van der Waals surface area contributed by atoms with Crippen molar-refractivity contribution in [3.63, 3.8) is 0 Å². The number of nitrogens with zero attached hydrogens (tertiary/aromatic N) is 4.